The molecular weight excluding hydrogens is 182 g/mol. The molecule has 0 spiro atoms. The fourth-order valence-electron chi connectivity index (χ4n) is 1.40. The van der Waals surface area contributed by atoms with E-state index in [9.17, 15) is 9.90 Å². The number of nitrogens with zero attached hydrogens (tertiary/aromatic N) is 1. The molecule has 1 fully saturated rings. The third kappa shape index (κ3) is 1.70. The van der Waals surface area contributed by atoms with E-state index in [0.717, 1.165) is 5.69 Å². The summed E-state index contributed by atoms with van der Waals surface area (Å²) in [6.45, 7) is 0.380. The Morgan fingerprint density at radius 1 is 1.36 bits per heavy atom. The number of anilines is 1. The van der Waals surface area contributed by atoms with Crippen LogP contribution < -0.4 is 4.90 Å². The zero-order valence-corrected chi connectivity index (χ0v) is 7.59. The van der Waals surface area contributed by atoms with Crippen molar-refractivity contribution in [2.45, 2.75) is 6.10 Å². The Kier molecular flexibility index (Phi) is 2.37. The van der Waals surface area contributed by atoms with Crippen LogP contribution in [0, 0.1) is 0 Å². The number of hydrogen-bond donors (Lipinski definition) is 1. The SMILES string of the molecule is O=C1OCC(O)CN1c1ccccc1. The molecule has 14 heavy (non-hydrogen) atoms. The largest absolute Gasteiger partial charge is 0.446 e. The molecule has 0 bridgehead atoms. The summed E-state index contributed by atoms with van der Waals surface area (Å²) in [5.74, 6) is 0. The maximum atomic E-state index is 11.3. The minimum absolute atomic E-state index is 0.0855. The average Bonchev–Trinajstić information content (AvgIpc) is 2.23. The summed E-state index contributed by atoms with van der Waals surface area (Å²) in [5.41, 5.74) is 0.747. The van der Waals surface area contributed by atoms with Crippen LogP contribution in [0.2, 0.25) is 0 Å². The molecule has 4 heteroatoms. The lowest BCUT2D eigenvalue weighted by Crippen LogP contribution is -2.45. The first-order chi connectivity index (χ1) is 6.77. The molecule has 1 heterocycles. The van der Waals surface area contributed by atoms with Crippen LogP contribution in [0.4, 0.5) is 10.5 Å². The molecule has 1 aromatic carbocycles. The summed E-state index contributed by atoms with van der Waals surface area (Å²) in [4.78, 5) is 12.8. The smallest absolute Gasteiger partial charge is 0.414 e. The van der Waals surface area contributed by atoms with Crippen LogP contribution in [0.5, 0.6) is 0 Å². The number of hydrogen-bond acceptors (Lipinski definition) is 3. The zero-order chi connectivity index (χ0) is 9.97. The third-order valence-corrected chi connectivity index (χ3v) is 2.08. The fraction of sp³-hybridized carbons (Fsp3) is 0.300. The van der Waals surface area contributed by atoms with Crippen molar-refractivity contribution in [3.8, 4) is 0 Å². The molecule has 0 aliphatic carbocycles. The molecule has 1 unspecified atom stereocenters. The average molecular weight is 193 g/mol. The number of para-hydroxylation sites is 1. The van der Waals surface area contributed by atoms with Gasteiger partial charge in [-0.1, -0.05) is 18.2 Å². The van der Waals surface area contributed by atoms with Gasteiger partial charge in [0.05, 0.1) is 6.54 Å². The summed E-state index contributed by atoms with van der Waals surface area (Å²) in [6, 6.07) is 9.15. The van der Waals surface area contributed by atoms with Gasteiger partial charge in [0.2, 0.25) is 0 Å². The Bertz CT molecular complexity index is 325. The molecule has 0 saturated carbocycles. The number of benzene rings is 1. The van der Waals surface area contributed by atoms with Crippen molar-refractivity contribution in [3.63, 3.8) is 0 Å². The van der Waals surface area contributed by atoms with E-state index >= 15 is 0 Å². The fourth-order valence-corrected chi connectivity index (χ4v) is 1.40. The highest BCUT2D eigenvalue weighted by molar-refractivity contribution is 5.88. The molecule has 0 radical (unpaired) electrons. The maximum Gasteiger partial charge on any atom is 0.414 e. The van der Waals surface area contributed by atoms with Gasteiger partial charge in [0.1, 0.15) is 12.7 Å². The zero-order valence-electron chi connectivity index (χ0n) is 7.59. The highest BCUT2D eigenvalue weighted by Gasteiger charge is 2.26. The van der Waals surface area contributed by atoms with Crippen molar-refractivity contribution >= 4 is 11.8 Å². The van der Waals surface area contributed by atoms with Crippen molar-refractivity contribution in [2.24, 2.45) is 0 Å². The van der Waals surface area contributed by atoms with Gasteiger partial charge in [0.25, 0.3) is 0 Å². The lowest BCUT2D eigenvalue weighted by molar-refractivity contribution is 0.0541. The molecule has 1 aliphatic heterocycles. The summed E-state index contributed by atoms with van der Waals surface area (Å²) < 4.78 is 4.79. The molecular formula is C10H11NO3. The maximum absolute atomic E-state index is 11.3. The van der Waals surface area contributed by atoms with Crippen LogP contribution in [-0.4, -0.2) is 30.5 Å². The second-order valence-electron chi connectivity index (χ2n) is 3.18. The van der Waals surface area contributed by atoms with Gasteiger partial charge in [-0.25, -0.2) is 4.79 Å². The normalized spacial score (nSPS) is 21.9. The van der Waals surface area contributed by atoms with E-state index in [-0.39, 0.29) is 6.61 Å². The van der Waals surface area contributed by atoms with E-state index in [1.807, 2.05) is 18.2 Å². The summed E-state index contributed by atoms with van der Waals surface area (Å²) in [7, 11) is 0. The quantitative estimate of drug-likeness (QED) is 0.724. The molecule has 1 amide bonds. The number of cyclic esters (lactones) is 1. The number of aliphatic hydroxyl groups excluding tert-OH is 1. The first kappa shape index (κ1) is 9.02. The van der Waals surface area contributed by atoms with Crippen molar-refractivity contribution in [1.29, 1.82) is 0 Å². The number of rotatable bonds is 1. The highest BCUT2D eigenvalue weighted by Crippen LogP contribution is 2.17. The summed E-state index contributed by atoms with van der Waals surface area (Å²) >= 11 is 0. The molecule has 1 atom stereocenters. The summed E-state index contributed by atoms with van der Waals surface area (Å²) in [6.07, 6.45) is -1.01. The van der Waals surface area contributed by atoms with Crippen molar-refractivity contribution in [3.05, 3.63) is 30.3 Å². The molecule has 0 aromatic heterocycles. The number of amides is 1. The van der Waals surface area contributed by atoms with E-state index in [2.05, 4.69) is 0 Å². The Labute approximate surface area is 81.7 Å². The summed E-state index contributed by atoms with van der Waals surface area (Å²) in [5, 5.41) is 9.34. The van der Waals surface area contributed by atoms with Gasteiger partial charge >= 0.3 is 6.09 Å². The van der Waals surface area contributed by atoms with Crippen molar-refractivity contribution in [1.82, 2.24) is 0 Å². The molecule has 1 aromatic rings. The number of carbonyl (C=O) groups excluding carboxylic acids is 1. The van der Waals surface area contributed by atoms with E-state index < -0.39 is 12.2 Å². The topological polar surface area (TPSA) is 49.8 Å². The second kappa shape index (κ2) is 3.67. The van der Waals surface area contributed by atoms with E-state index in [1.165, 1.54) is 4.90 Å². The first-order valence-corrected chi connectivity index (χ1v) is 4.45. The predicted octanol–water partition coefficient (Wildman–Crippen LogP) is 1.00. The van der Waals surface area contributed by atoms with Gasteiger partial charge in [-0.15, -0.1) is 0 Å². The minimum Gasteiger partial charge on any atom is -0.446 e. The van der Waals surface area contributed by atoms with Crippen LogP contribution in [0.1, 0.15) is 0 Å². The van der Waals surface area contributed by atoms with Crippen LogP contribution in [0.25, 0.3) is 0 Å². The minimum atomic E-state index is -0.604. The monoisotopic (exact) mass is 193 g/mol. The Balaban J connectivity index is 2.20. The van der Waals surface area contributed by atoms with Gasteiger partial charge in [0, 0.05) is 5.69 Å². The van der Waals surface area contributed by atoms with Crippen molar-refractivity contribution in [2.75, 3.05) is 18.1 Å². The van der Waals surface area contributed by atoms with Crippen molar-refractivity contribution < 1.29 is 14.6 Å². The van der Waals surface area contributed by atoms with E-state index in [4.69, 9.17) is 4.74 Å². The van der Waals surface area contributed by atoms with Crippen LogP contribution in [0.15, 0.2) is 30.3 Å². The lowest BCUT2D eigenvalue weighted by Gasteiger charge is -2.29. The third-order valence-electron chi connectivity index (χ3n) is 2.08. The van der Waals surface area contributed by atoms with Gasteiger partial charge in [-0.2, -0.15) is 0 Å². The van der Waals surface area contributed by atoms with Gasteiger partial charge in [-0.05, 0) is 12.1 Å². The van der Waals surface area contributed by atoms with E-state index in [1.54, 1.807) is 12.1 Å². The lowest BCUT2D eigenvalue weighted by atomic mass is 10.2. The molecule has 1 saturated heterocycles. The van der Waals surface area contributed by atoms with E-state index in [0.29, 0.717) is 6.54 Å². The Morgan fingerprint density at radius 3 is 2.79 bits per heavy atom. The Hall–Kier alpha value is -1.55. The number of aliphatic hydroxyl groups is 1. The van der Waals surface area contributed by atoms with Gasteiger partial charge in [0.15, 0.2) is 0 Å². The van der Waals surface area contributed by atoms with Crippen LogP contribution in [-0.2, 0) is 4.74 Å². The second-order valence-corrected chi connectivity index (χ2v) is 3.18. The number of ether oxygens (including phenoxy) is 1. The molecule has 1 N–H and O–H groups in total. The van der Waals surface area contributed by atoms with Gasteiger partial charge in [-0.3, -0.25) is 4.90 Å². The highest BCUT2D eigenvalue weighted by atomic mass is 16.6. The standard InChI is InChI=1S/C10H11NO3/c12-9-6-11(10(13)14-7-9)8-4-2-1-3-5-8/h1-5,9,12H,6-7H2. The first-order valence-electron chi connectivity index (χ1n) is 4.45. The number of β-amino-alcohol motifs (C(OH)–C–C–N with tert-alkyl or cyclic N) is 1. The molecule has 1 aliphatic rings. The predicted molar refractivity (Wildman–Crippen MR) is 51.1 cm³/mol. The van der Waals surface area contributed by atoms with Gasteiger partial charge < -0.3 is 9.84 Å². The molecule has 2 rings (SSSR count). The van der Waals surface area contributed by atoms with Crippen LogP contribution >= 0.6 is 0 Å². The number of carbonyl (C=O) groups is 1. The van der Waals surface area contributed by atoms with Crippen LogP contribution in [0.3, 0.4) is 0 Å². The molecule has 74 valence electrons. The molecule has 4 nitrogen and oxygen atoms in total. The Morgan fingerprint density at radius 2 is 2.07 bits per heavy atom.